The number of aliphatic hydroxyl groups is 1. The molecule has 0 aromatic heterocycles. The van der Waals surface area contributed by atoms with E-state index in [-0.39, 0.29) is 31.1 Å². The number of urea groups is 1. The Balaban J connectivity index is 1.64. The largest absolute Gasteiger partial charge is 0.430 e. The van der Waals surface area contributed by atoms with Gasteiger partial charge in [-0.3, -0.25) is 9.69 Å². The molecule has 0 bridgehead atoms. The molecule has 35 heavy (non-hydrogen) atoms. The number of hydrogen-bond acceptors (Lipinski definition) is 4. The van der Waals surface area contributed by atoms with Gasteiger partial charge in [0.1, 0.15) is 0 Å². The molecule has 0 unspecified atom stereocenters. The van der Waals surface area contributed by atoms with E-state index in [4.69, 9.17) is 5.73 Å². The van der Waals surface area contributed by atoms with Crippen LogP contribution in [0, 0.1) is 0 Å². The van der Waals surface area contributed by atoms with Crippen LogP contribution in [0.1, 0.15) is 21.5 Å². The molecule has 0 spiro atoms. The lowest BCUT2D eigenvalue weighted by Gasteiger charge is -2.35. The van der Waals surface area contributed by atoms with Crippen molar-refractivity contribution in [2.24, 2.45) is 5.73 Å². The maximum atomic E-state index is 13.2. The van der Waals surface area contributed by atoms with E-state index in [9.17, 15) is 41.0 Å². The minimum atomic E-state index is -5.95. The quantitative estimate of drug-likeness (QED) is 0.544. The first kappa shape index (κ1) is 26.3. The number of nitrogens with two attached hydrogens (primary N) is 1. The highest BCUT2D eigenvalue weighted by atomic mass is 19.4. The summed E-state index contributed by atoms with van der Waals surface area (Å²) in [5, 5.41) is 12.0. The molecule has 2 aromatic carbocycles. The third kappa shape index (κ3) is 5.68. The Morgan fingerprint density at radius 1 is 0.914 bits per heavy atom. The first-order valence-electron chi connectivity index (χ1n) is 10.4. The minimum Gasteiger partial charge on any atom is -0.369 e. The Labute approximate surface area is 196 Å². The van der Waals surface area contributed by atoms with Crippen LogP contribution in [0.5, 0.6) is 0 Å². The Morgan fingerprint density at radius 3 is 2.00 bits per heavy atom. The highest BCUT2D eigenvalue weighted by Gasteiger charge is 2.71. The molecule has 0 atom stereocenters. The van der Waals surface area contributed by atoms with Crippen molar-refractivity contribution in [2.45, 2.75) is 24.5 Å². The van der Waals surface area contributed by atoms with Gasteiger partial charge in [-0.1, -0.05) is 24.3 Å². The molecule has 4 N–H and O–H groups in total. The second kappa shape index (κ2) is 9.74. The molecule has 3 rings (SSSR count). The highest BCUT2D eigenvalue weighted by molar-refractivity contribution is 5.95. The molecule has 1 aliphatic heterocycles. The SMILES string of the molecule is NC(=O)Nc1ccc(C(=O)N2CCN(Cc3cccc(C(O)(C(F)(F)F)C(F)(F)F)c3)CC2)cc1. The highest BCUT2D eigenvalue weighted by Crippen LogP contribution is 2.50. The van der Waals surface area contributed by atoms with E-state index < -0.39 is 29.5 Å². The van der Waals surface area contributed by atoms with Crippen LogP contribution in [-0.4, -0.2) is 65.4 Å². The third-order valence-electron chi connectivity index (χ3n) is 5.63. The smallest absolute Gasteiger partial charge is 0.369 e. The molecule has 2 aromatic rings. The van der Waals surface area contributed by atoms with E-state index in [0.717, 1.165) is 6.07 Å². The lowest BCUT2D eigenvalue weighted by atomic mass is 9.91. The van der Waals surface area contributed by atoms with Gasteiger partial charge in [-0.05, 0) is 29.8 Å². The number of carbonyl (C=O) groups excluding carboxylic acids is 2. The first-order valence-corrected chi connectivity index (χ1v) is 10.4. The third-order valence-corrected chi connectivity index (χ3v) is 5.63. The van der Waals surface area contributed by atoms with Gasteiger partial charge in [-0.2, -0.15) is 26.3 Å². The zero-order chi connectivity index (χ0) is 26.0. The van der Waals surface area contributed by atoms with E-state index in [1.54, 1.807) is 9.80 Å². The number of primary amides is 1. The Hall–Kier alpha value is -3.32. The van der Waals surface area contributed by atoms with Gasteiger partial charge in [0.15, 0.2) is 0 Å². The molecule has 1 aliphatic rings. The topological polar surface area (TPSA) is 98.9 Å². The summed E-state index contributed by atoms with van der Waals surface area (Å²) in [5.41, 5.74) is -0.303. The molecule has 1 heterocycles. The van der Waals surface area contributed by atoms with Crippen LogP contribution in [0.4, 0.5) is 36.8 Å². The Bertz CT molecular complexity index is 1050. The number of rotatable bonds is 5. The van der Waals surface area contributed by atoms with Crippen LogP contribution in [0.2, 0.25) is 0 Å². The van der Waals surface area contributed by atoms with Crippen LogP contribution in [-0.2, 0) is 12.1 Å². The maximum absolute atomic E-state index is 13.2. The van der Waals surface area contributed by atoms with E-state index in [0.29, 0.717) is 36.5 Å². The lowest BCUT2D eigenvalue weighted by Crippen LogP contribution is -2.54. The fourth-order valence-electron chi connectivity index (χ4n) is 3.77. The number of piperazine rings is 1. The predicted octanol–water partition coefficient (Wildman–Crippen LogP) is 3.45. The summed E-state index contributed by atoms with van der Waals surface area (Å²) in [6.45, 7) is 1.28. The number of nitrogens with zero attached hydrogens (tertiary/aromatic N) is 2. The first-order chi connectivity index (χ1) is 16.2. The number of halogens is 6. The zero-order valence-electron chi connectivity index (χ0n) is 18.2. The zero-order valence-corrected chi connectivity index (χ0v) is 18.2. The molecule has 190 valence electrons. The van der Waals surface area contributed by atoms with Crippen molar-refractivity contribution in [3.05, 3.63) is 65.2 Å². The average molecular weight is 504 g/mol. The minimum absolute atomic E-state index is 0.0369. The summed E-state index contributed by atoms with van der Waals surface area (Å²) >= 11 is 0. The summed E-state index contributed by atoms with van der Waals surface area (Å²) in [4.78, 5) is 26.9. The second-order valence-corrected chi connectivity index (χ2v) is 8.04. The van der Waals surface area contributed by atoms with E-state index in [1.807, 2.05) is 0 Å². The van der Waals surface area contributed by atoms with Crippen LogP contribution in [0.3, 0.4) is 0 Å². The lowest BCUT2D eigenvalue weighted by molar-refractivity contribution is -0.376. The predicted molar refractivity (Wildman–Crippen MR) is 113 cm³/mol. The van der Waals surface area contributed by atoms with Gasteiger partial charge >= 0.3 is 18.4 Å². The van der Waals surface area contributed by atoms with Gasteiger partial charge in [0.2, 0.25) is 0 Å². The normalized spacial score (nSPS) is 15.7. The summed E-state index contributed by atoms with van der Waals surface area (Å²) in [6, 6.07) is 9.02. The summed E-state index contributed by atoms with van der Waals surface area (Å²) in [5.74, 6) is -0.266. The van der Waals surface area contributed by atoms with Crippen LogP contribution in [0.25, 0.3) is 0 Å². The van der Waals surface area contributed by atoms with Gasteiger partial charge in [0, 0.05) is 49.5 Å². The van der Waals surface area contributed by atoms with Crippen molar-refractivity contribution >= 4 is 17.6 Å². The van der Waals surface area contributed by atoms with Gasteiger partial charge in [-0.15, -0.1) is 0 Å². The number of carbonyl (C=O) groups is 2. The van der Waals surface area contributed by atoms with Crippen LogP contribution in [0.15, 0.2) is 48.5 Å². The Morgan fingerprint density at radius 2 is 1.49 bits per heavy atom. The number of anilines is 1. The number of amides is 3. The van der Waals surface area contributed by atoms with Crippen LogP contribution < -0.4 is 11.1 Å². The number of alkyl halides is 6. The van der Waals surface area contributed by atoms with Gasteiger partial charge in [0.25, 0.3) is 11.5 Å². The average Bonchev–Trinajstić information content (AvgIpc) is 2.77. The number of hydrogen-bond donors (Lipinski definition) is 3. The van der Waals surface area contributed by atoms with Gasteiger partial charge < -0.3 is 21.1 Å². The standard InChI is InChI=1S/C22H22F6N4O3/c23-21(24,25)20(35,22(26,27)28)16-3-1-2-14(12-16)13-31-8-10-32(11-9-31)18(33)15-4-6-17(7-5-15)30-19(29)34/h1-7,12,35H,8-11,13H2,(H3,29,30,34). The molecule has 0 radical (unpaired) electrons. The van der Waals surface area contributed by atoms with Gasteiger partial charge in [0.05, 0.1) is 0 Å². The molecule has 1 fully saturated rings. The Kier molecular flexibility index (Phi) is 7.31. The summed E-state index contributed by atoms with van der Waals surface area (Å²) in [7, 11) is 0. The molecule has 13 heteroatoms. The van der Waals surface area contributed by atoms with E-state index in [1.165, 1.54) is 30.3 Å². The molecule has 0 aliphatic carbocycles. The molecule has 3 amide bonds. The molecular formula is C22H22F6N4O3. The van der Waals surface area contributed by atoms with Crippen molar-refractivity contribution in [2.75, 3.05) is 31.5 Å². The van der Waals surface area contributed by atoms with Gasteiger partial charge in [-0.25, -0.2) is 4.79 Å². The molecule has 1 saturated heterocycles. The van der Waals surface area contributed by atoms with E-state index >= 15 is 0 Å². The van der Waals surface area contributed by atoms with Crippen molar-refractivity contribution in [3.8, 4) is 0 Å². The van der Waals surface area contributed by atoms with E-state index in [2.05, 4.69) is 5.32 Å². The fourth-order valence-corrected chi connectivity index (χ4v) is 3.77. The molecule has 0 saturated carbocycles. The number of nitrogens with one attached hydrogen (secondary N) is 1. The monoisotopic (exact) mass is 504 g/mol. The molecular weight excluding hydrogens is 482 g/mol. The van der Waals surface area contributed by atoms with Crippen molar-refractivity contribution in [3.63, 3.8) is 0 Å². The number of benzene rings is 2. The van der Waals surface area contributed by atoms with Crippen molar-refractivity contribution in [1.29, 1.82) is 0 Å². The second-order valence-electron chi connectivity index (χ2n) is 8.04. The van der Waals surface area contributed by atoms with Crippen molar-refractivity contribution < 1.29 is 41.0 Å². The van der Waals surface area contributed by atoms with Crippen LogP contribution >= 0.6 is 0 Å². The molecule has 7 nitrogen and oxygen atoms in total. The fraction of sp³-hybridized carbons (Fsp3) is 0.364. The van der Waals surface area contributed by atoms with Crippen molar-refractivity contribution in [1.82, 2.24) is 9.80 Å². The maximum Gasteiger partial charge on any atom is 0.430 e. The summed E-state index contributed by atoms with van der Waals surface area (Å²) in [6.07, 6.45) is -11.9. The summed E-state index contributed by atoms with van der Waals surface area (Å²) < 4.78 is 79.0.